The maximum absolute atomic E-state index is 4.88. The molecule has 0 bridgehead atoms. The van der Waals surface area contributed by atoms with Gasteiger partial charge in [0.2, 0.25) is 0 Å². The van der Waals surface area contributed by atoms with Crippen molar-refractivity contribution >= 4 is 17.2 Å². The van der Waals surface area contributed by atoms with Crippen LogP contribution in [0.5, 0.6) is 0 Å². The number of rotatable bonds is 5. The SMILES string of the molecule is CC(C)(C)P(C[C]12[C]3(C(P)(c4cccnc4)c4cccnc4)[CH]4[C]5(C(C)(C)C)[C]1(C(C)(C)C)[Fe]42351678[CH]2[CH]1[CH]6[CH]7[CH]28)C(C)(C)C. The van der Waals surface area contributed by atoms with Gasteiger partial charge in [-0.2, -0.15) is 0 Å². The number of fused-ring (bicyclic) bond motifs is 10. The second-order valence-corrected chi connectivity index (χ2v) is 50.1. The fourth-order valence-electron chi connectivity index (χ4n) is 27.3. The molecule has 1 spiro atoms. The van der Waals surface area contributed by atoms with Crippen molar-refractivity contribution < 1.29 is 6.51 Å². The van der Waals surface area contributed by atoms with Gasteiger partial charge in [-0.1, -0.05) is 0 Å². The van der Waals surface area contributed by atoms with Crippen LogP contribution in [0.15, 0.2) is 49.1 Å². The third-order valence-electron chi connectivity index (χ3n) is 22.4. The first-order valence-corrected chi connectivity index (χ1v) is 25.2. The summed E-state index contributed by atoms with van der Waals surface area (Å²) in [6, 6.07) is 9.41. The molecule has 6 unspecified atom stereocenters. The summed E-state index contributed by atoms with van der Waals surface area (Å²) in [5.74, 6) is 0. The van der Waals surface area contributed by atoms with Gasteiger partial charge in [0.05, 0.1) is 0 Å². The zero-order valence-corrected chi connectivity index (χ0v) is 31.7. The predicted octanol–water partition coefficient (Wildman–Crippen LogP) is 11.6. The summed E-state index contributed by atoms with van der Waals surface area (Å²) in [5.41, 5.74) is 3.69. The van der Waals surface area contributed by atoms with E-state index in [0.717, 1.165) is 28.9 Å². The standard InChI is InChI=1S/C33H49N2P2.C5H5.Fe/c1-29(2,3)27-19-26(33(36,23-15-13-17-34-20-23)24-16-14-18-35-21-24)25(28(27)30(4,5)6)22-37(31(7,8)9)32(10,11)12;1-2-4-5-3-1;/h13-21H,22,36H2,1-12H3;1-5H;. The van der Waals surface area contributed by atoms with Gasteiger partial charge in [-0.25, -0.2) is 0 Å². The minimum atomic E-state index is -4.58. The topological polar surface area (TPSA) is 25.8 Å². The minimum absolute atomic E-state index is 0.0902. The molecule has 2 aromatic heterocycles. The van der Waals surface area contributed by atoms with Crippen LogP contribution in [-0.4, -0.2) is 26.4 Å². The molecule has 6 atom stereocenters. The zero-order valence-electron chi connectivity index (χ0n) is 28.6. The van der Waals surface area contributed by atoms with Crippen molar-refractivity contribution in [2.75, 3.05) is 6.16 Å². The monoisotopic (exact) mass is 656 g/mol. The van der Waals surface area contributed by atoms with E-state index in [1.807, 2.05) is 12.4 Å². The molecule has 43 heavy (non-hydrogen) atoms. The molecule has 2 nitrogen and oxygen atoms in total. The molecule has 10 aliphatic heterocycles. The molecule has 0 aliphatic carbocycles. The summed E-state index contributed by atoms with van der Waals surface area (Å²) in [5, 5.41) is 0.597. The molecule has 10 aliphatic rings. The zero-order chi connectivity index (χ0) is 30.8. The first-order valence-electron chi connectivity index (χ1n) is 17.1. The molecular weight excluding hydrogens is 602 g/mol. The Morgan fingerprint density at radius 1 is 0.698 bits per heavy atom. The van der Waals surface area contributed by atoms with Crippen LogP contribution in [0.3, 0.4) is 0 Å². The summed E-state index contributed by atoms with van der Waals surface area (Å²) < 4.78 is 2.28. The molecule has 12 rings (SSSR count). The van der Waals surface area contributed by atoms with Crippen LogP contribution in [0.4, 0.5) is 0 Å². The maximum atomic E-state index is 4.88. The first kappa shape index (κ1) is 25.7. The van der Waals surface area contributed by atoms with Crippen LogP contribution in [0.2, 0.25) is 46.2 Å². The summed E-state index contributed by atoms with van der Waals surface area (Å²) in [6.07, 6.45) is 10.1. The van der Waals surface area contributed by atoms with E-state index in [2.05, 4.69) is 129 Å². The van der Waals surface area contributed by atoms with E-state index in [0.29, 0.717) is 38.4 Å². The average molecular weight is 657 g/mol. The van der Waals surface area contributed by atoms with E-state index < -0.39 is 6.51 Å². The normalized spacial score (nSPS) is 61.6. The van der Waals surface area contributed by atoms with Crippen molar-refractivity contribution in [2.45, 2.75) is 145 Å². The van der Waals surface area contributed by atoms with Crippen molar-refractivity contribution in [1.29, 1.82) is 0 Å². The molecular formula is C38H54FeN2P2. The Morgan fingerprint density at radius 3 is 1.44 bits per heavy atom. The van der Waals surface area contributed by atoms with Gasteiger partial charge in [0.1, 0.15) is 0 Å². The summed E-state index contributed by atoms with van der Waals surface area (Å²) in [4.78, 5) is 16.5. The fourth-order valence-corrected chi connectivity index (χ4v) is 124. The third kappa shape index (κ3) is 0.615. The molecule has 0 radical (unpaired) electrons. The van der Waals surface area contributed by atoms with Gasteiger partial charge in [-0.3, -0.25) is 0 Å². The first-order chi connectivity index (χ1) is 19.5. The van der Waals surface area contributed by atoms with Crippen molar-refractivity contribution in [1.82, 2.24) is 9.97 Å². The van der Waals surface area contributed by atoms with Crippen molar-refractivity contribution in [2.24, 2.45) is 10.8 Å². The van der Waals surface area contributed by atoms with Crippen LogP contribution >= 0.6 is 17.2 Å². The molecule has 0 saturated carbocycles. The van der Waals surface area contributed by atoms with Gasteiger partial charge in [0.15, 0.2) is 0 Å². The van der Waals surface area contributed by atoms with E-state index in [-0.39, 0.29) is 13.1 Å². The van der Waals surface area contributed by atoms with E-state index in [9.17, 15) is 0 Å². The summed E-state index contributed by atoms with van der Waals surface area (Å²) in [6.45, 7) is 27.6. The predicted molar refractivity (Wildman–Crippen MR) is 182 cm³/mol. The molecule has 10 saturated heterocycles. The van der Waals surface area contributed by atoms with Crippen LogP contribution in [0, 0.1) is 10.8 Å². The Morgan fingerprint density at radius 2 is 1.14 bits per heavy atom. The molecule has 12 heterocycles. The third-order valence-corrected chi connectivity index (χ3v) is 73.5. The average Bonchev–Trinajstić information content (AvgIpc) is 3.84. The summed E-state index contributed by atoms with van der Waals surface area (Å²) >= 11 is 0. The van der Waals surface area contributed by atoms with E-state index in [1.54, 1.807) is 6.16 Å². The Balaban J connectivity index is 1.29. The van der Waals surface area contributed by atoms with Gasteiger partial charge in [-0.05, 0) is 0 Å². The van der Waals surface area contributed by atoms with Crippen LogP contribution < -0.4 is 0 Å². The van der Waals surface area contributed by atoms with Gasteiger partial charge in [-0.15, -0.1) is 0 Å². The van der Waals surface area contributed by atoms with Crippen LogP contribution in [-0.2, 0) is 11.7 Å². The number of hydrogen-bond donors (Lipinski definition) is 0. The Hall–Kier alpha value is -0.321. The number of nitrogens with zero attached hydrogens (tertiary/aromatic N) is 2. The second kappa shape index (κ2) is 3.69. The van der Waals surface area contributed by atoms with Gasteiger partial charge in [0, 0.05) is 0 Å². The van der Waals surface area contributed by atoms with Crippen molar-refractivity contribution in [3.8, 4) is 0 Å². The molecule has 0 amide bonds. The number of pyridine rings is 2. The molecule has 2 aromatic rings. The van der Waals surface area contributed by atoms with Crippen molar-refractivity contribution in [3.63, 3.8) is 0 Å². The quantitative estimate of drug-likeness (QED) is 0.236. The van der Waals surface area contributed by atoms with Gasteiger partial charge < -0.3 is 0 Å². The fraction of sp³-hybridized carbons (Fsp3) is 0.737. The number of hydrogen-bond acceptors (Lipinski definition) is 2. The van der Waals surface area contributed by atoms with E-state index >= 15 is 0 Å². The van der Waals surface area contributed by atoms with Crippen LogP contribution in [0.25, 0.3) is 0 Å². The van der Waals surface area contributed by atoms with E-state index in [1.165, 1.54) is 11.1 Å². The van der Waals surface area contributed by atoms with Gasteiger partial charge >= 0.3 is 256 Å². The second-order valence-electron chi connectivity index (χ2n) is 22.8. The van der Waals surface area contributed by atoms with E-state index in [4.69, 9.17) is 9.97 Å². The Bertz CT molecular complexity index is 2060. The summed E-state index contributed by atoms with van der Waals surface area (Å²) in [7, 11) is 3.53. The molecule has 234 valence electrons. The Kier molecular flexibility index (Phi) is 2.21. The molecule has 5 heteroatoms. The molecule has 0 N–H and O–H groups in total. The van der Waals surface area contributed by atoms with Gasteiger partial charge in [0.25, 0.3) is 0 Å². The van der Waals surface area contributed by atoms with Crippen LogP contribution in [0.1, 0.15) is 94.2 Å². The van der Waals surface area contributed by atoms with Crippen molar-refractivity contribution in [3.05, 3.63) is 60.2 Å². The number of aromatic nitrogens is 2. The Labute approximate surface area is 254 Å². The molecule has 0 aromatic carbocycles. The molecule has 10 fully saturated rings.